The number of unbranched alkanes of at least 4 members (excludes halogenated alkanes) is 1. The molecule has 1 aromatic heterocycles. The van der Waals surface area contributed by atoms with Gasteiger partial charge in [-0.3, -0.25) is 4.79 Å². The van der Waals surface area contributed by atoms with Crippen LogP contribution in [0.4, 0.5) is 0 Å². The number of amides is 1. The predicted molar refractivity (Wildman–Crippen MR) is 82.7 cm³/mol. The summed E-state index contributed by atoms with van der Waals surface area (Å²) in [6.45, 7) is 3.60. The Morgan fingerprint density at radius 3 is 3.00 bits per heavy atom. The first-order chi connectivity index (χ1) is 9.68. The average molecular weight is 336 g/mol. The number of nitrogens with one attached hydrogen (secondary N) is 1. The number of imidazole rings is 1. The minimum Gasteiger partial charge on any atom is -0.352 e. The summed E-state index contributed by atoms with van der Waals surface area (Å²) in [5.74, 6) is -0.0248. The first-order valence-corrected chi connectivity index (χ1v) is 7.47. The molecule has 1 N–H and O–H groups in total. The summed E-state index contributed by atoms with van der Waals surface area (Å²) in [5, 5.41) is 2.95. The fraction of sp³-hybridized carbons (Fsp3) is 0.333. The van der Waals surface area contributed by atoms with Gasteiger partial charge in [-0.05, 0) is 47.3 Å². The molecule has 0 saturated heterocycles. The smallest absolute Gasteiger partial charge is 0.252 e. The van der Waals surface area contributed by atoms with Crippen molar-refractivity contribution in [3.63, 3.8) is 0 Å². The van der Waals surface area contributed by atoms with Crippen LogP contribution in [0.1, 0.15) is 28.8 Å². The quantitative estimate of drug-likeness (QED) is 0.824. The highest BCUT2D eigenvalue weighted by Crippen LogP contribution is 2.20. The van der Waals surface area contributed by atoms with Crippen molar-refractivity contribution in [2.24, 2.45) is 0 Å². The van der Waals surface area contributed by atoms with E-state index in [0.717, 1.165) is 29.4 Å². The molecule has 2 aromatic rings. The summed E-state index contributed by atoms with van der Waals surface area (Å²) in [7, 11) is 0. The number of aromatic nitrogens is 2. The Balaban J connectivity index is 1.74. The SMILES string of the molecule is Cc1cccc(C(=O)NCCCCn2ccnc2)c1Br. The number of rotatable bonds is 6. The third kappa shape index (κ3) is 3.93. The number of carbonyl (C=O) groups excluding carboxylic acids is 1. The first kappa shape index (κ1) is 14.8. The minimum absolute atomic E-state index is 0.0248. The Morgan fingerprint density at radius 1 is 1.40 bits per heavy atom. The summed E-state index contributed by atoms with van der Waals surface area (Å²) >= 11 is 3.46. The zero-order chi connectivity index (χ0) is 14.4. The van der Waals surface area contributed by atoms with Crippen LogP contribution in [0.2, 0.25) is 0 Å². The van der Waals surface area contributed by atoms with Crippen LogP contribution in [-0.2, 0) is 6.54 Å². The highest BCUT2D eigenvalue weighted by Gasteiger charge is 2.10. The van der Waals surface area contributed by atoms with Gasteiger partial charge < -0.3 is 9.88 Å². The van der Waals surface area contributed by atoms with Crippen molar-refractivity contribution in [2.45, 2.75) is 26.3 Å². The van der Waals surface area contributed by atoms with E-state index in [1.54, 1.807) is 6.20 Å². The van der Waals surface area contributed by atoms with Gasteiger partial charge in [0.1, 0.15) is 0 Å². The second-order valence-corrected chi connectivity index (χ2v) is 5.49. The molecule has 0 saturated carbocycles. The molecule has 5 heteroatoms. The van der Waals surface area contributed by atoms with Gasteiger partial charge in [-0.15, -0.1) is 0 Å². The van der Waals surface area contributed by atoms with Gasteiger partial charge in [0.2, 0.25) is 0 Å². The Bertz CT molecular complexity index is 567. The third-order valence-electron chi connectivity index (χ3n) is 3.12. The standard InChI is InChI=1S/C15H18BrN3O/c1-12-5-4-6-13(14(12)16)15(20)18-7-2-3-9-19-10-8-17-11-19/h4-6,8,10-11H,2-3,7,9H2,1H3,(H,18,20). The van der Waals surface area contributed by atoms with Crippen LogP contribution in [0.25, 0.3) is 0 Å². The normalized spacial score (nSPS) is 10.5. The third-order valence-corrected chi connectivity index (χ3v) is 4.18. The van der Waals surface area contributed by atoms with Crippen LogP contribution in [0, 0.1) is 6.92 Å². The van der Waals surface area contributed by atoms with Gasteiger partial charge in [0, 0.05) is 30.0 Å². The molecule has 4 nitrogen and oxygen atoms in total. The van der Waals surface area contributed by atoms with Crippen LogP contribution >= 0.6 is 15.9 Å². The maximum atomic E-state index is 12.1. The maximum absolute atomic E-state index is 12.1. The molecule has 0 spiro atoms. The molecule has 20 heavy (non-hydrogen) atoms. The van der Waals surface area contributed by atoms with E-state index in [-0.39, 0.29) is 5.91 Å². The summed E-state index contributed by atoms with van der Waals surface area (Å²) in [6.07, 6.45) is 7.50. The van der Waals surface area contributed by atoms with Crippen molar-refractivity contribution in [1.82, 2.24) is 14.9 Å². The van der Waals surface area contributed by atoms with Crippen LogP contribution < -0.4 is 5.32 Å². The van der Waals surface area contributed by atoms with Crippen molar-refractivity contribution in [1.29, 1.82) is 0 Å². The topological polar surface area (TPSA) is 46.9 Å². The molecule has 1 amide bonds. The maximum Gasteiger partial charge on any atom is 0.252 e. The van der Waals surface area contributed by atoms with Crippen LogP contribution in [0.3, 0.4) is 0 Å². The van der Waals surface area contributed by atoms with Crippen LogP contribution in [0.15, 0.2) is 41.4 Å². The summed E-state index contributed by atoms with van der Waals surface area (Å²) < 4.78 is 2.91. The van der Waals surface area contributed by atoms with E-state index in [1.165, 1.54) is 0 Å². The van der Waals surface area contributed by atoms with Gasteiger partial charge in [0.05, 0.1) is 11.9 Å². The number of aryl methyl sites for hydroxylation is 2. The van der Waals surface area contributed by atoms with Gasteiger partial charge in [0.25, 0.3) is 5.91 Å². The molecule has 0 fully saturated rings. The Hall–Kier alpha value is -1.62. The van der Waals surface area contributed by atoms with E-state index in [0.29, 0.717) is 12.1 Å². The van der Waals surface area contributed by atoms with E-state index < -0.39 is 0 Å². The zero-order valence-corrected chi connectivity index (χ0v) is 13.1. The fourth-order valence-corrected chi connectivity index (χ4v) is 2.40. The first-order valence-electron chi connectivity index (χ1n) is 6.67. The van der Waals surface area contributed by atoms with Crippen molar-refractivity contribution in [2.75, 3.05) is 6.54 Å². The average Bonchev–Trinajstić information content (AvgIpc) is 2.94. The molecule has 0 bridgehead atoms. The molecule has 0 radical (unpaired) electrons. The number of halogens is 1. The fourth-order valence-electron chi connectivity index (χ4n) is 1.96. The highest BCUT2D eigenvalue weighted by atomic mass is 79.9. The molecule has 1 heterocycles. The highest BCUT2D eigenvalue weighted by molar-refractivity contribution is 9.10. The molecule has 106 valence electrons. The lowest BCUT2D eigenvalue weighted by atomic mass is 10.1. The molecule has 0 aliphatic carbocycles. The van der Waals surface area contributed by atoms with Crippen molar-refractivity contribution in [3.8, 4) is 0 Å². The van der Waals surface area contributed by atoms with Gasteiger partial charge in [0.15, 0.2) is 0 Å². The number of nitrogens with zero attached hydrogens (tertiary/aromatic N) is 2. The molecule has 1 aromatic carbocycles. The lowest BCUT2D eigenvalue weighted by molar-refractivity contribution is 0.0952. The number of benzene rings is 1. The summed E-state index contributed by atoms with van der Waals surface area (Å²) in [6, 6.07) is 5.71. The molecule has 2 rings (SSSR count). The van der Waals surface area contributed by atoms with Crippen LogP contribution in [-0.4, -0.2) is 22.0 Å². The Labute approximate surface area is 127 Å². The Kier molecular flexibility index (Phi) is 5.35. The molecular weight excluding hydrogens is 318 g/mol. The Morgan fingerprint density at radius 2 is 2.25 bits per heavy atom. The second-order valence-electron chi connectivity index (χ2n) is 4.70. The minimum atomic E-state index is -0.0248. The molecule has 0 aliphatic heterocycles. The van der Waals surface area contributed by atoms with Gasteiger partial charge >= 0.3 is 0 Å². The van der Waals surface area contributed by atoms with Gasteiger partial charge in [-0.25, -0.2) is 4.98 Å². The van der Waals surface area contributed by atoms with Gasteiger partial charge in [-0.1, -0.05) is 12.1 Å². The van der Waals surface area contributed by atoms with E-state index in [2.05, 4.69) is 26.2 Å². The summed E-state index contributed by atoms with van der Waals surface area (Å²) in [4.78, 5) is 16.0. The number of hydrogen-bond donors (Lipinski definition) is 1. The predicted octanol–water partition coefficient (Wildman–Crippen LogP) is 3.16. The van der Waals surface area contributed by atoms with E-state index in [9.17, 15) is 4.79 Å². The van der Waals surface area contributed by atoms with Crippen LogP contribution in [0.5, 0.6) is 0 Å². The van der Waals surface area contributed by atoms with Crippen molar-refractivity contribution in [3.05, 3.63) is 52.5 Å². The summed E-state index contributed by atoms with van der Waals surface area (Å²) in [5.41, 5.74) is 1.76. The zero-order valence-electron chi connectivity index (χ0n) is 11.5. The molecule has 0 atom stereocenters. The second kappa shape index (κ2) is 7.24. The van der Waals surface area contributed by atoms with E-state index in [1.807, 2.05) is 42.2 Å². The van der Waals surface area contributed by atoms with Crippen molar-refractivity contribution < 1.29 is 4.79 Å². The molecular formula is C15H18BrN3O. The number of hydrogen-bond acceptors (Lipinski definition) is 2. The lowest BCUT2D eigenvalue weighted by Crippen LogP contribution is -2.25. The van der Waals surface area contributed by atoms with Crippen molar-refractivity contribution >= 4 is 21.8 Å². The molecule has 0 aliphatic rings. The number of carbonyl (C=O) groups is 1. The van der Waals surface area contributed by atoms with E-state index >= 15 is 0 Å². The van der Waals surface area contributed by atoms with Gasteiger partial charge in [-0.2, -0.15) is 0 Å². The largest absolute Gasteiger partial charge is 0.352 e. The molecule has 0 unspecified atom stereocenters. The lowest BCUT2D eigenvalue weighted by Gasteiger charge is -2.08. The van der Waals surface area contributed by atoms with E-state index in [4.69, 9.17) is 0 Å². The monoisotopic (exact) mass is 335 g/mol.